The number of rotatable bonds is 5. The molecule has 9 aromatic rings. The predicted molar refractivity (Wildman–Crippen MR) is 196 cm³/mol. The van der Waals surface area contributed by atoms with Crippen molar-refractivity contribution in [1.29, 1.82) is 0 Å². The molecule has 0 N–H and O–H groups in total. The summed E-state index contributed by atoms with van der Waals surface area (Å²) >= 11 is 0. The van der Waals surface area contributed by atoms with Crippen LogP contribution in [-0.4, -0.2) is 14.5 Å². The first kappa shape index (κ1) is 27.0. The van der Waals surface area contributed by atoms with Gasteiger partial charge in [0.15, 0.2) is 5.82 Å². The number of para-hydroxylation sites is 1. The fourth-order valence-corrected chi connectivity index (χ4v) is 6.73. The Hall–Kier alpha value is -6.32. The minimum absolute atomic E-state index is 0.707. The normalized spacial score (nSPS) is 11.4. The maximum Gasteiger partial charge on any atom is 0.160 e. The highest BCUT2D eigenvalue weighted by Crippen LogP contribution is 2.38. The Morgan fingerprint density at radius 1 is 0.362 bits per heavy atom. The van der Waals surface area contributed by atoms with Crippen LogP contribution in [0.15, 0.2) is 176 Å². The van der Waals surface area contributed by atoms with Crippen LogP contribution in [0.25, 0.3) is 83.3 Å². The molecule has 220 valence electrons. The topological polar surface area (TPSA) is 30.7 Å². The van der Waals surface area contributed by atoms with Gasteiger partial charge in [0.05, 0.1) is 22.4 Å². The van der Waals surface area contributed by atoms with Crippen LogP contribution in [0.5, 0.6) is 0 Å². The smallest absolute Gasteiger partial charge is 0.160 e. The molecule has 9 rings (SSSR count). The van der Waals surface area contributed by atoms with Gasteiger partial charge in [0.1, 0.15) is 0 Å². The van der Waals surface area contributed by atoms with E-state index >= 15 is 0 Å². The second kappa shape index (κ2) is 11.2. The van der Waals surface area contributed by atoms with Crippen molar-refractivity contribution < 1.29 is 0 Å². The Kier molecular flexibility index (Phi) is 6.46. The molecule has 2 heterocycles. The van der Waals surface area contributed by atoms with Gasteiger partial charge in [0.25, 0.3) is 0 Å². The van der Waals surface area contributed by atoms with Crippen LogP contribution in [0.3, 0.4) is 0 Å². The molecule has 0 atom stereocenters. The van der Waals surface area contributed by atoms with Crippen LogP contribution < -0.4 is 0 Å². The lowest BCUT2D eigenvalue weighted by atomic mass is 9.98. The first-order chi connectivity index (χ1) is 23.3. The van der Waals surface area contributed by atoms with Crippen molar-refractivity contribution in [2.24, 2.45) is 0 Å². The van der Waals surface area contributed by atoms with Crippen molar-refractivity contribution >= 4 is 32.6 Å². The van der Waals surface area contributed by atoms with Gasteiger partial charge in [-0.15, -0.1) is 0 Å². The van der Waals surface area contributed by atoms with E-state index < -0.39 is 0 Å². The lowest BCUT2D eigenvalue weighted by molar-refractivity contribution is 1.16. The lowest BCUT2D eigenvalue weighted by Gasteiger charge is -2.11. The maximum absolute atomic E-state index is 5.04. The van der Waals surface area contributed by atoms with Crippen molar-refractivity contribution in [3.63, 3.8) is 0 Å². The molecule has 3 nitrogen and oxygen atoms in total. The largest absolute Gasteiger partial charge is 0.309 e. The van der Waals surface area contributed by atoms with E-state index in [1.807, 2.05) is 36.4 Å². The molecule has 0 saturated heterocycles. The standard InChI is InChI=1S/C44H29N3/c1-4-12-30(13-5-1)35-21-20-31-24-27-42-43(38(31)28-35)37-18-10-11-19-41(37)47(42)36-25-22-34(23-26-36)44-45-39(32-14-6-2-7-15-32)29-40(46-44)33-16-8-3-9-17-33/h1-29H. The van der Waals surface area contributed by atoms with Crippen molar-refractivity contribution in [1.82, 2.24) is 14.5 Å². The molecule has 7 aromatic carbocycles. The quantitative estimate of drug-likeness (QED) is 0.197. The van der Waals surface area contributed by atoms with E-state index in [9.17, 15) is 0 Å². The van der Waals surface area contributed by atoms with E-state index in [2.05, 4.69) is 144 Å². The fraction of sp³-hybridized carbons (Fsp3) is 0. The highest BCUT2D eigenvalue weighted by Gasteiger charge is 2.16. The van der Waals surface area contributed by atoms with Gasteiger partial charge < -0.3 is 4.57 Å². The highest BCUT2D eigenvalue weighted by atomic mass is 15.0. The average molecular weight is 600 g/mol. The summed E-state index contributed by atoms with van der Waals surface area (Å²) in [7, 11) is 0. The second-order valence-corrected chi connectivity index (χ2v) is 11.9. The fourth-order valence-electron chi connectivity index (χ4n) is 6.73. The number of hydrogen-bond donors (Lipinski definition) is 0. The number of hydrogen-bond acceptors (Lipinski definition) is 2. The molecule has 0 spiro atoms. The third-order valence-electron chi connectivity index (χ3n) is 9.01. The number of aromatic nitrogens is 3. The summed E-state index contributed by atoms with van der Waals surface area (Å²) in [6, 6.07) is 62.0. The number of fused-ring (bicyclic) bond motifs is 5. The minimum Gasteiger partial charge on any atom is -0.309 e. The number of nitrogens with zero attached hydrogens (tertiary/aromatic N) is 3. The SMILES string of the molecule is c1ccc(-c2ccc3ccc4c(c3c2)c2ccccc2n4-c2ccc(-c3nc(-c4ccccc4)cc(-c4ccccc4)n3)cc2)cc1. The second-order valence-electron chi connectivity index (χ2n) is 11.9. The van der Waals surface area contributed by atoms with E-state index in [1.54, 1.807) is 0 Å². The van der Waals surface area contributed by atoms with E-state index in [0.717, 1.165) is 33.8 Å². The third-order valence-corrected chi connectivity index (χ3v) is 9.01. The lowest BCUT2D eigenvalue weighted by Crippen LogP contribution is -1.97. The van der Waals surface area contributed by atoms with Gasteiger partial charge in [-0.1, -0.05) is 127 Å². The highest BCUT2D eigenvalue weighted by molar-refractivity contribution is 6.21. The zero-order chi connectivity index (χ0) is 31.2. The third kappa shape index (κ3) is 4.77. The Labute approximate surface area is 273 Å². The van der Waals surface area contributed by atoms with E-state index in [0.29, 0.717) is 5.82 Å². The summed E-state index contributed by atoms with van der Waals surface area (Å²) in [5.74, 6) is 0.707. The zero-order valence-corrected chi connectivity index (χ0v) is 25.6. The molecule has 0 amide bonds. The first-order valence-electron chi connectivity index (χ1n) is 15.9. The van der Waals surface area contributed by atoms with Crippen LogP contribution in [0.1, 0.15) is 0 Å². The van der Waals surface area contributed by atoms with Gasteiger partial charge in [-0.2, -0.15) is 0 Å². The summed E-state index contributed by atoms with van der Waals surface area (Å²) < 4.78 is 2.37. The molecular formula is C44H29N3. The van der Waals surface area contributed by atoms with Crippen molar-refractivity contribution in [2.45, 2.75) is 0 Å². The zero-order valence-electron chi connectivity index (χ0n) is 25.6. The molecule has 0 aliphatic heterocycles. The summed E-state index contributed by atoms with van der Waals surface area (Å²) in [6.45, 7) is 0. The molecule has 0 aliphatic rings. The van der Waals surface area contributed by atoms with Crippen LogP contribution in [0.4, 0.5) is 0 Å². The summed E-state index contributed by atoms with van der Waals surface area (Å²) in [5, 5.41) is 5.01. The van der Waals surface area contributed by atoms with E-state index in [-0.39, 0.29) is 0 Å². The van der Waals surface area contributed by atoms with Gasteiger partial charge in [-0.05, 0) is 70.4 Å². The van der Waals surface area contributed by atoms with Crippen molar-refractivity contribution in [2.75, 3.05) is 0 Å². The monoisotopic (exact) mass is 599 g/mol. The maximum atomic E-state index is 5.04. The molecule has 0 aliphatic carbocycles. The molecule has 47 heavy (non-hydrogen) atoms. The number of benzene rings is 7. The van der Waals surface area contributed by atoms with Gasteiger partial charge in [0.2, 0.25) is 0 Å². The van der Waals surface area contributed by atoms with Crippen LogP contribution in [0.2, 0.25) is 0 Å². The molecule has 0 unspecified atom stereocenters. The Morgan fingerprint density at radius 3 is 1.57 bits per heavy atom. The summed E-state index contributed by atoms with van der Waals surface area (Å²) in [4.78, 5) is 10.1. The molecule has 3 heteroatoms. The Morgan fingerprint density at radius 2 is 0.915 bits per heavy atom. The molecule has 0 saturated carbocycles. The van der Waals surface area contributed by atoms with Gasteiger partial charge >= 0.3 is 0 Å². The van der Waals surface area contributed by atoms with Crippen LogP contribution >= 0.6 is 0 Å². The Bertz CT molecular complexity index is 2480. The molecule has 0 fully saturated rings. The van der Waals surface area contributed by atoms with Gasteiger partial charge in [-0.3, -0.25) is 0 Å². The molecule has 0 bridgehead atoms. The summed E-state index contributed by atoms with van der Waals surface area (Å²) in [6.07, 6.45) is 0. The molecular weight excluding hydrogens is 571 g/mol. The van der Waals surface area contributed by atoms with Crippen molar-refractivity contribution in [3.05, 3.63) is 176 Å². The first-order valence-corrected chi connectivity index (χ1v) is 15.9. The van der Waals surface area contributed by atoms with Crippen LogP contribution in [-0.2, 0) is 0 Å². The van der Waals surface area contributed by atoms with Crippen LogP contribution in [0, 0.1) is 0 Å². The van der Waals surface area contributed by atoms with Crippen molar-refractivity contribution in [3.8, 4) is 50.7 Å². The van der Waals surface area contributed by atoms with E-state index in [4.69, 9.17) is 9.97 Å². The summed E-state index contributed by atoms with van der Waals surface area (Å²) in [5.41, 5.74) is 10.8. The predicted octanol–water partition coefficient (Wildman–Crippen LogP) is 11.4. The molecule has 2 aromatic heterocycles. The van der Waals surface area contributed by atoms with Gasteiger partial charge in [0, 0.05) is 33.2 Å². The average Bonchev–Trinajstić information content (AvgIpc) is 3.50. The molecule has 0 radical (unpaired) electrons. The Balaban J connectivity index is 1.19. The van der Waals surface area contributed by atoms with Gasteiger partial charge in [-0.25, -0.2) is 9.97 Å². The minimum atomic E-state index is 0.707. The van der Waals surface area contributed by atoms with E-state index in [1.165, 1.54) is 43.7 Å².